The molecule has 3 heterocycles. The average Bonchev–Trinajstić information content (AvgIpc) is 3.39. The van der Waals surface area contributed by atoms with Crippen LogP contribution in [0.25, 0.3) is 0 Å². The molecular weight excluding hydrogens is 405 g/mol. The molecule has 30 heavy (non-hydrogen) atoms. The zero-order valence-corrected chi connectivity index (χ0v) is 18.0. The zero-order valence-electron chi connectivity index (χ0n) is 17.3. The summed E-state index contributed by atoms with van der Waals surface area (Å²) < 4.78 is 15.0. The van der Waals surface area contributed by atoms with Crippen molar-refractivity contribution in [3.8, 4) is 0 Å². The van der Waals surface area contributed by atoms with E-state index in [1.165, 1.54) is 6.07 Å². The van der Waals surface area contributed by atoms with Gasteiger partial charge in [-0.1, -0.05) is 42.3 Å². The van der Waals surface area contributed by atoms with Crippen LogP contribution in [-0.2, 0) is 11.4 Å². The fourth-order valence-corrected chi connectivity index (χ4v) is 4.52. The van der Waals surface area contributed by atoms with Crippen LogP contribution in [0, 0.1) is 5.82 Å². The van der Waals surface area contributed by atoms with E-state index in [4.69, 9.17) is 22.2 Å². The Hall–Kier alpha value is -2.25. The predicted molar refractivity (Wildman–Crippen MR) is 118 cm³/mol. The Kier molecular flexibility index (Phi) is 6.49. The first-order valence-corrected chi connectivity index (χ1v) is 11.0. The standard InChI is InChI=1S/C22H29ClFN5O/c1-2-4-16-5-3-6-21-28(9-10-29(16)21)14-18-19(23)11-15(12-20(18)24)22(25)27-30-17-7-8-26-13-17/h3,5-6,11-12,16-17,26H,2,4,7-10,13-14H2,1H3,(H2,25,27). The number of halogens is 2. The van der Waals surface area contributed by atoms with Gasteiger partial charge < -0.3 is 25.7 Å². The SMILES string of the molecule is CCCC1C=CC=C2N(Cc3c(F)cc(/C(N)=N/OC4CCNC4)cc3Cl)CCN21. The number of allylic oxidation sites excluding steroid dienone is 2. The second kappa shape index (κ2) is 9.27. The van der Waals surface area contributed by atoms with Crippen molar-refractivity contribution in [2.24, 2.45) is 10.9 Å². The molecule has 0 radical (unpaired) electrons. The van der Waals surface area contributed by atoms with Gasteiger partial charge in [-0.15, -0.1) is 0 Å². The molecule has 0 aliphatic carbocycles. The number of hydrogen-bond acceptors (Lipinski definition) is 5. The number of oxime groups is 1. The van der Waals surface area contributed by atoms with E-state index in [0.717, 1.165) is 51.3 Å². The Morgan fingerprint density at radius 3 is 3.00 bits per heavy atom. The summed E-state index contributed by atoms with van der Waals surface area (Å²) in [6.07, 6.45) is 9.55. The third-order valence-electron chi connectivity index (χ3n) is 5.89. The van der Waals surface area contributed by atoms with Crippen LogP contribution in [-0.4, -0.2) is 54.0 Å². The molecule has 0 amide bonds. The largest absolute Gasteiger partial charge is 0.389 e. The topological polar surface area (TPSA) is 66.1 Å². The van der Waals surface area contributed by atoms with E-state index in [1.807, 2.05) is 0 Å². The molecule has 2 unspecified atom stereocenters. The molecule has 3 aliphatic heterocycles. The minimum atomic E-state index is -0.381. The lowest BCUT2D eigenvalue weighted by Gasteiger charge is -2.32. The summed E-state index contributed by atoms with van der Waals surface area (Å²) in [4.78, 5) is 10.0. The molecule has 2 atom stereocenters. The second-order valence-corrected chi connectivity index (χ2v) is 8.40. The molecule has 1 aromatic rings. The van der Waals surface area contributed by atoms with Crippen molar-refractivity contribution in [3.63, 3.8) is 0 Å². The first-order chi connectivity index (χ1) is 14.6. The van der Waals surface area contributed by atoms with Crippen molar-refractivity contribution < 1.29 is 9.23 Å². The lowest BCUT2D eigenvalue weighted by atomic mass is 10.1. The Morgan fingerprint density at radius 1 is 1.40 bits per heavy atom. The van der Waals surface area contributed by atoms with Crippen molar-refractivity contribution in [2.75, 3.05) is 26.2 Å². The van der Waals surface area contributed by atoms with Gasteiger partial charge in [-0.3, -0.25) is 0 Å². The van der Waals surface area contributed by atoms with Crippen LogP contribution in [0.1, 0.15) is 37.3 Å². The fraction of sp³-hybridized carbons (Fsp3) is 0.500. The van der Waals surface area contributed by atoms with E-state index in [1.54, 1.807) is 6.07 Å². The molecule has 0 saturated carbocycles. The lowest BCUT2D eigenvalue weighted by Crippen LogP contribution is -2.33. The number of hydrogen-bond donors (Lipinski definition) is 2. The maximum absolute atomic E-state index is 15.0. The molecule has 0 bridgehead atoms. The summed E-state index contributed by atoms with van der Waals surface area (Å²) in [7, 11) is 0. The summed E-state index contributed by atoms with van der Waals surface area (Å²) in [5.74, 6) is 0.882. The highest BCUT2D eigenvalue weighted by Crippen LogP contribution is 2.31. The number of fused-ring (bicyclic) bond motifs is 1. The number of nitrogens with zero attached hydrogens (tertiary/aromatic N) is 3. The first-order valence-electron chi connectivity index (χ1n) is 10.6. The summed E-state index contributed by atoms with van der Waals surface area (Å²) in [6, 6.07) is 3.46. The van der Waals surface area contributed by atoms with Gasteiger partial charge in [-0.25, -0.2) is 4.39 Å². The van der Waals surface area contributed by atoms with Crippen molar-refractivity contribution in [1.29, 1.82) is 0 Å². The molecule has 2 saturated heterocycles. The van der Waals surface area contributed by atoms with Gasteiger partial charge in [0.15, 0.2) is 5.84 Å². The summed E-state index contributed by atoms with van der Waals surface area (Å²) in [6.45, 7) is 6.03. The summed E-state index contributed by atoms with van der Waals surface area (Å²) in [5, 5.41) is 7.51. The normalized spacial score (nSPS) is 23.7. The maximum atomic E-state index is 15.0. The van der Waals surface area contributed by atoms with Crippen molar-refractivity contribution in [2.45, 2.75) is 44.9 Å². The maximum Gasteiger partial charge on any atom is 0.170 e. The zero-order chi connectivity index (χ0) is 21.1. The predicted octanol–water partition coefficient (Wildman–Crippen LogP) is 3.18. The van der Waals surface area contributed by atoms with Crippen LogP contribution in [0.4, 0.5) is 4.39 Å². The number of rotatable bonds is 7. The monoisotopic (exact) mass is 433 g/mol. The van der Waals surface area contributed by atoms with Crippen molar-refractivity contribution in [1.82, 2.24) is 15.1 Å². The second-order valence-electron chi connectivity index (χ2n) is 8.00. The Morgan fingerprint density at radius 2 is 2.27 bits per heavy atom. The minimum absolute atomic E-state index is 0.00407. The Labute approximate surface area is 182 Å². The third-order valence-corrected chi connectivity index (χ3v) is 6.23. The van der Waals surface area contributed by atoms with Crippen LogP contribution >= 0.6 is 11.6 Å². The van der Waals surface area contributed by atoms with Crippen molar-refractivity contribution in [3.05, 3.63) is 58.1 Å². The molecule has 1 aromatic carbocycles. The van der Waals surface area contributed by atoms with Gasteiger partial charge in [0.05, 0.1) is 0 Å². The van der Waals surface area contributed by atoms with Crippen LogP contribution < -0.4 is 11.1 Å². The number of amidine groups is 1. The fourth-order valence-electron chi connectivity index (χ4n) is 4.25. The Bertz CT molecular complexity index is 842. The van der Waals surface area contributed by atoms with E-state index in [0.29, 0.717) is 28.7 Å². The number of nitrogens with two attached hydrogens (primary N) is 1. The molecule has 0 spiro atoms. The van der Waals surface area contributed by atoms with Crippen molar-refractivity contribution >= 4 is 17.4 Å². The lowest BCUT2D eigenvalue weighted by molar-refractivity contribution is 0.0734. The van der Waals surface area contributed by atoms with E-state index in [2.05, 4.69) is 45.4 Å². The minimum Gasteiger partial charge on any atom is -0.389 e. The van der Waals surface area contributed by atoms with Gasteiger partial charge in [0.1, 0.15) is 17.7 Å². The first kappa shape index (κ1) is 21.0. The molecule has 8 heteroatoms. The van der Waals surface area contributed by atoms with Gasteiger partial charge in [-0.05, 0) is 31.2 Å². The number of benzene rings is 1. The molecule has 0 aromatic heterocycles. The van der Waals surface area contributed by atoms with E-state index in [-0.39, 0.29) is 17.8 Å². The van der Waals surface area contributed by atoms with Crippen LogP contribution in [0.3, 0.4) is 0 Å². The molecule has 3 aliphatic rings. The van der Waals surface area contributed by atoms with Gasteiger partial charge in [0, 0.05) is 54.8 Å². The highest BCUT2D eigenvalue weighted by atomic mass is 35.5. The summed E-state index contributed by atoms with van der Waals surface area (Å²) >= 11 is 6.46. The highest BCUT2D eigenvalue weighted by Gasteiger charge is 2.31. The molecule has 3 N–H and O–H groups in total. The molecule has 162 valence electrons. The van der Waals surface area contributed by atoms with Crippen LogP contribution in [0.2, 0.25) is 5.02 Å². The van der Waals surface area contributed by atoms with Gasteiger partial charge in [0.25, 0.3) is 0 Å². The van der Waals surface area contributed by atoms with E-state index in [9.17, 15) is 4.39 Å². The quantitative estimate of drug-likeness (QED) is 0.393. The van der Waals surface area contributed by atoms with Gasteiger partial charge in [-0.2, -0.15) is 0 Å². The molecule has 4 rings (SSSR count). The van der Waals surface area contributed by atoms with Gasteiger partial charge >= 0.3 is 0 Å². The van der Waals surface area contributed by atoms with E-state index >= 15 is 0 Å². The number of nitrogens with one attached hydrogen (secondary N) is 1. The smallest absolute Gasteiger partial charge is 0.170 e. The van der Waals surface area contributed by atoms with E-state index < -0.39 is 0 Å². The third kappa shape index (κ3) is 4.42. The highest BCUT2D eigenvalue weighted by molar-refractivity contribution is 6.31. The molecule has 6 nitrogen and oxygen atoms in total. The Balaban J connectivity index is 1.47. The van der Waals surface area contributed by atoms with Crippen LogP contribution in [0.15, 0.2) is 41.3 Å². The molecular formula is C22H29ClFN5O. The summed E-state index contributed by atoms with van der Waals surface area (Å²) in [5.41, 5.74) is 6.90. The van der Waals surface area contributed by atoms with Crippen LogP contribution in [0.5, 0.6) is 0 Å². The molecule has 2 fully saturated rings. The van der Waals surface area contributed by atoms with Gasteiger partial charge in [0.2, 0.25) is 0 Å². The average molecular weight is 434 g/mol.